The van der Waals surface area contributed by atoms with Gasteiger partial charge in [0, 0.05) is 17.6 Å². The van der Waals surface area contributed by atoms with Gasteiger partial charge in [0.2, 0.25) is 0 Å². The number of halogens is 1. The summed E-state index contributed by atoms with van der Waals surface area (Å²) < 4.78 is 6.32. The summed E-state index contributed by atoms with van der Waals surface area (Å²) in [7, 11) is 0. The molecule has 0 aliphatic carbocycles. The van der Waals surface area contributed by atoms with Gasteiger partial charge in [0.05, 0.1) is 4.91 Å². The lowest BCUT2D eigenvalue weighted by Crippen LogP contribution is -2.38. The fourth-order valence-electron chi connectivity index (χ4n) is 2.65. The quantitative estimate of drug-likeness (QED) is 0.613. The van der Waals surface area contributed by atoms with Gasteiger partial charge in [-0.2, -0.15) is 0 Å². The molecule has 0 spiro atoms. The smallest absolute Gasteiger partial charge is 0.293 e. The summed E-state index contributed by atoms with van der Waals surface area (Å²) in [6.45, 7) is 2.08. The topological polar surface area (TPSA) is 75.7 Å². The second-order valence-corrected chi connectivity index (χ2v) is 8.25. The third kappa shape index (κ3) is 5.95. The van der Waals surface area contributed by atoms with Crippen molar-refractivity contribution in [2.24, 2.45) is 0 Å². The first-order chi connectivity index (χ1) is 13.9. The number of carbonyl (C=O) groups is 3. The Hall–Kier alpha value is -2.58. The van der Waals surface area contributed by atoms with Crippen molar-refractivity contribution < 1.29 is 19.1 Å². The van der Waals surface area contributed by atoms with Crippen LogP contribution in [0.15, 0.2) is 57.9 Å². The van der Waals surface area contributed by atoms with Gasteiger partial charge in [0.1, 0.15) is 5.75 Å². The summed E-state index contributed by atoms with van der Waals surface area (Å²) in [6, 6.07) is 14.9. The Morgan fingerprint density at radius 2 is 2.00 bits per heavy atom. The largest absolute Gasteiger partial charge is 0.484 e. The highest BCUT2D eigenvalue weighted by molar-refractivity contribution is 9.10. The Kier molecular flexibility index (Phi) is 7.11. The second-order valence-electron chi connectivity index (χ2n) is 6.34. The van der Waals surface area contributed by atoms with Crippen LogP contribution in [0, 0.1) is 6.92 Å². The molecule has 0 atom stereocenters. The van der Waals surface area contributed by atoms with E-state index in [0.29, 0.717) is 10.7 Å². The molecule has 2 aromatic carbocycles. The summed E-state index contributed by atoms with van der Waals surface area (Å²) in [6.07, 6.45) is 1.68. The molecule has 6 nitrogen and oxygen atoms in total. The van der Waals surface area contributed by atoms with E-state index in [1.165, 1.54) is 0 Å². The molecule has 0 unspecified atom stereocenters. The summed E-state index contributed by atoms with van der Waals surface area (Å²) in [5.74, 6) is -0.0582. The zero-order chi connectivity index (χ0) is 20.8. The number of aryl methyl sites for hydroxylation is 1. The van der Waals surface area contributed by atoms with Gasteiger partial charge >= 0.3 is 0 Å². The third-order valence-electron chi connectivity index (χ3n) is 4.04. The first-order valence-electron chi connectivity index (χ1n) is 8.89. The fraction of sp³-hybridized carbons (Fsp3) is 0.190. The van der Waals surface area contributed by atoms with Gasteiger partial charge in [0.15, 0.2) is 6.61 Å². The highest BCUT2D eigenvalue weighted by Crippen LogP contribution is 2.32. The summed E-state index contributed by atoms with van der Waals surface area (Å²) in [5.41, 5.74) is 1.87. The van der Waals surface area contributed by atoms with Crippen molar-refractivity contribution in [3.63, 3.8) is 0 Å². The molecule has 0 bridgehead atoms. The molecule has 1 aliphatic rings. The number of nitrogens with zero attached hydrogens (tertiary/aromatic N) is 1. The average molecular weight is 475 g/mol. The van der Waals surface area contributed by atoms with Crippen molar-refractivity contribution in [1.82, 2.24) is 10.2 Å². The normalized spacial score (nSPS) is 15.1. The Labute approximate surface area is 181 Å². The van der Waals surface area contributed by atoms with Crippen LogP contribution in [0.5, 0.6) is 5.75 Å². The van der Waals surface area contributed by atoms with Gasteiger partial charge in [-0.1, -0.05) is 40.2 Å². The number of rotatable bonds is 7. The number of ether oxygens (including phenoxy) is 1. The van der Waals surface area contributed by atoms with Crippen LogP contribution in [0.25, 0.3) is 6.08 Å². The van der Waals surface area contributed by atoms with Crippen LogP contribution in [0.4, 0.5) is 4.79 Å². The minimum Gasteiger partial charge on any atom is -0.484 e. The second kappa shape index (κ2) is 9.76. The van der Waals surface area contributed by atoms with Crippen molar-refractivity contribution in [2.75, 3.05) is 19.7 Å². The van der Waals surface area contributed by atoms with Gasteiger partial charge in [-0.3, -0.25) is 19.3 Å². The first kappa shape index (κ1) is 21.1. The molecule has 1 N–H and O–H groups in total. The summed E-state index contributed by atoms with van der Waals surface area (Å²) in [4.78, 5) is 38.1. The molecule has 1 saturated heterocycles. The Bertz CT molecular complexity index is 977. The van der Waals surface area contributed by atoms with Gasteiger partial charge in [-0.15, -0.1) is 0 Å². The summed E-state index contributed by atoms with van der Waals surface area (Å²) in [5, 5.41) is 2.32. The molecule has 1 heterocycles. The van der Waals surface area contributed by atoms with E-state index in [1.807, 2.05) is 49.4 Å². The predicted octanol–water partition coefficient (Wildman–Crippen LogP) is 3.99. The zero-order valence-electron chi connectivity index (χ0n) is 15.7. The molecule has 1 fully saturated rings. The number of carbonyl (C=O) groups excluding carboxylic acids is 3. The number of imide groups is 1. The molecule has 8 heteroatoms. The standard InChI is InChI=1S/C21H19BrN2O4S/c1-14-4-2-7-17(10-14)28-13-19(25)23-8-9-24-20(26)18(29-21(24)27)12-15-5-3-6-16(22)11-15/h2-7,10-12H,8-9,13H2,1H3,(H,23,25)/b18-12-. The molecular formula is C21H19BrN2O4S. The van der Waals surface area contributed by atoms with E-state index >= 15 is 0 Å². The first-order valence-corrected chi connectivity index (χ1v) is 10.5. The average Bonchev–Trinajstić information content (AvgIpc) is 2.94. The Morgan fingerprint density at radius 1 is 1.21 bits per heavy atom. The van der Waals surface area contributed by atoms with Crippen molar-refractivity contribution >= 4 is 50.8 Å². The van der Waals surface area contributed by atoms with Crippen molar-refractivity contribution in [2.45, 2.75) is 6.92 Å². The minimum atomic E-state index is -0.356. The lowest BCUT2D eigenvalue weighted by molar-refractivity contribution is -0.125. The molecule has 0 radical (unpaired) electrons. The SMILES string of the molecule is Cc1cccc(OCC(=O)NCCN2C(=O)S/C(=C\c3cccc(Br)c3)C2=O)c1. The maximum atomic E-state index is 12.5. The number of amides is 3. The van der Waals surface area contributed by atoms with E-state index in [4.69, 9.17) is 4.74 Å². The number of nitrogens with one attached hydrogen (secondary N) is 1. The van der Waals surface area contributed by atoms with Crippen LogP contribution in [0.1, 0.15) is 11.1 Å². The Balaban J connectivity index is 1.48. The van der Waals surface area contributed by atoms with E-state index < -0.39 is 0 Å². The molecule has 150 valence electrons. The molecule has 0 aromatic heterocycles. The predicted molar refractivity (Wildman–Crippen MR) is 117 cm³/mol. The highest BCUT2D eigenvalue weighted by Gasteiger charge is 2.34. The summed E-state index contributed by atoms with van der Waals surface area (Å²) >= 11 is 4.28. The van der Waals surface area contributed by atoms with E-state index in [1.54, 1.807) is 12.1 Å². The van der Waals surface area contributed by atoms with Crippen LogP contribution in [-0.4, -0.2) is 41.6 Å². The minimum absolute atomic E-state index is 0.108. The highest BCUT2D eigenvalue weighted by atomic mass is 79.9. The maximum absolute atomic E-state index is 12.5. The number of hydrogen-bond donors (Lipinski definition) is 1. The number of thioether (sulfide) groups is 1. The molecule has 1 aliphatic heterocycles. The van der Waals surface area contributed by atoms with Crippen molar-refractivity contribution in [3.8, 4) is 5.75 Å². The zero-order valence-corrected chi connectivity index (χ0v) is 18.1. The third-order valence-corrected chi connectivity index (χ3v) is 5.44. The number of hydrogen-bond acceptors (Lipinski definition) is 5. The van der Waals surface area contributed by atoms with E-state index in [-0.39, 0.29) is 36.7 Å². The van der Waals surface area contributed by atoms with E-state index in [2.05, 4.69) is 21.2 Å². The van der Waals surface area contributed by atoms with Crippen LogP contribution in [0.2, 0.25) is 0 Å². The lowest BCUT2D eigenvalue weighted by atomic mass is 10.2. The van der Waals surface area contributed by atoms with Crippen molar-refractivity contribution in [3.05, 3.63) is 69.0 Å². The van der Waals surface area contributed by atoms with Crippen LogP contribution < -0.4 is 10.1 Å². The Morgan fingerprint density at radius 3 is 2.76 bits per heavy atom. The van der Waals surface area contributed by atoms with Gasteiger partial charge < -0.3 is 10.1 Å². The molecule has 29 heavy (non-hydrogen) atoms. The van der Waals surface area contributed by atoms with Crippen LogP contribution >= 0.6 is 27.7 Å². The van der Waals surface area contributed by atoms with Crippen LogP contribution in [-0.2, 0) is 9.59 Å². The fourth-order valence-corrected chi connectivity index (χ4v) is 3.93. The molecule has 2 aromatic rings. The van der Waals surface area contributed by atoms with Gasteiger partial charge in [-0.05, 0) is 60.2 Å². The molecule has 0 saturated carbocycles. The molecular weight excluding hydrogens is 456 g/mol. The monoisotopic (exact) mass is 474 g/mol. The number of benzene rings is 2. The maximum Gasteiger partial charge on any atom is 0.293 e. The molecule has 3 amide bonds. The van der Waals surface area contributed by atoms with Gasteiger partial charge in [-0.25, -0.2) is 0 Å². The lowest BCUT2D eigenvalue weighted by Gasteiger charge is -2.13. The van der Waals surface area contributed by atoms with Crippen LogP contribution in [0.3, 0.4) is 0 Å². The van der Waals surface area contributed by atoms with E-state index in [0.717, 1.165) is 32.3 Å². The molecule has 3 rings (SSSR count). The van der Waals surface area contributed by atoms with E-state index in [9.17, 15) is 14.4 Å². The van der Waals surface area contributed by atoms with Gasteiger partial charge in [0.25, 0.3) is 17.1 Å². The van der Waals surface area contributed by atoms with Crippen molar-refractivity contribution in [1.29, 1.82) is 0 Å².